The molecular formula is C20H25FN4O. The van der Waals surface area contributed by atoms with Gasteiger partial charge in [0.25, 0.3) is 0 Å². The average Bonchev–Trinajstić information content (AvgIpc) is 2.68. The molecule has 0 unspecified atom stereocenters. The Morgan fingerprint density at radius 2 is 1.62 bits per heavy atom. The SMILES string of the molecule is O=C(NCCN1CCN(c2ccccc2F)CC1)NCc1ccccc1. The van der Waals surface area contributed by atoms with E-state index >= 15 is 0 Å². The van der Waals surface area contributed by atoms with Crippen LogP contribution in [0.5, 0.6) is 0 Å². The van der Waals surface area contributed by atoms with Gasteiger partial charge in [0.2, 0.25) is 0 Å². The number of para-hydroxylation sites is 1. The lowest BCUT2D eigenvalue weighted by atomic mass is 10.2. The Morgan fingerprint density at radius 1 is 0.923 bits per heavy atom. The third-order valence-corrected chi connectivity index (χ3v) is 4.57. The largest absolute Gasteiger partial charge is 0.367 e. The lowest BCUT2D eigenvalue weighted by molar-refractivity contribution is 0.231. The van der Waals surface area contributed by atoms with E-state index in [1.54, 1.807) is 6.07 Å². The Morgan fingerprint density at radius 3 is 2.35 bits per heavy atom. The number of carbonyl (C=O) groups is 1. The van der Waals surface area contributed by atoms with Crippen LogP contribution >= 0.6 is 0 Å². The maximum Gasteiger partial charge on any atom is 0.315 e. The van der Waals surface area contributed by atoms with Crippen LogP contribution in [-0.2, 0) is 6.54 Å². The van der Waals surface area contributed by atoms with Crippen molar-refractivity contribution < 1.29 is 9.18 Å². The number of piperazine rings is 1. The Hall–Kier alpha value is -2.60. The first-order valence-electron chi connectivity index (χ1n) is 9.00. The molecule has 1 aliphatic rings. The number of benzene rings is 2. The molecule has 1 saturated heterocycles. The maximum absolute atomic E-state index is 13.8. The van der Waals surface area contributed by atoms with Crippen molar-refractivity contribution in [1.29, 1.82) is 0 Å². The molecule has 0 saturated carbocycles. The summed E-state index contributed by atoms with van der Waals surface area (Å²) in [6.45, 7) is 5.23. The van der Waals surface area contributed by atoms with E-state index in [1.165, 1.54) is 6.07 Å². The summed E-state index contributed by atoms with van der Waals surface area (Å²) in [6.07, 6.45) is 0. The van der Waals surface area contributed by atoms with Crippen LogP contribution in [0, 0.1) is 5.82 Å². The fourth-order valence-electron chi connectivity index (χ4n) is 3.09. The smallest absolute Gasteiger partial charge is 0.315 e. The summed E-state index contributed by atoms with van der Waals surface area (Å²) >= 11 is 0. The van der Waals surface area contributed by atoms with E-state index in [4.69, 9.17) is 0 Å². The van der Waals surface area contributed by atoms with Crippen LogP contribution in [0.25, 0.3) is 0 Å². The zero-order chi connectivity index (χ0) is 18.2. The van der Waals surface area contributed by atoms with Gasteiger partial charge in [-0.25, -0.2) is 9.18 Å². The molecule has 0 spiro atoms. The summed E-state index contributed by atoms with van der Waals surface area (Å²) in [7, 11) is 0. The van der Waals surface area contributed by atoms with E-state index in [-0.39, 0.29) is 11.8 Å². The highest BCUT2D eigenvalue weighted by atomic mass is 19.1. The van der Waals surface area contributed by atoms with Gasteiger partial charge in [0, 0.05) is 45.8 Å². The highest BCUT2D eigenvalue weighted by Gasteiger charge is 2.18. The minimum Gasteiger partial charge on any atom is -0.367 e. The van der Waals surface area contributed by atoms with Crippen LogP contribution < -0.4 is 15.5 Å². The number of urea groups is 1. The molecule has 0 aliphatic carbocycles. The standard InChI is InChI=1S/C20H25FN4O/c21-18-8-4-5-9-19(18)25-14-12-24(13-15-25)11-10-22-20(26)23-16-17-6-2-1-3-7-17/h1-9H,10-16H2,(H2,22,23,26). The van der Waals surface area contributed by atoms with Crippen molar-refractivity contribution in [3.8, 4) is 0 Å². The molecule has 0 bridgehead atoms. The minimum atomic E-state index is -0.169. The molecule has 0 aromatic heterocycles. The molecule has 2 aromatic carbocycles. The van der Waals surface area contributed by atoms with E-state index in [2.05, 4.69) is 20.4 Å². The van der Waals surface area contributed by atoms with Gasteiger partial charge in [-0.15, -0.1) is 0 Å². The van der Waals surface area contributed by atoms with E-state index in [0.29, 0.717) is 18.8 Å². The molecule has 26 heavy (non-hydrogen) atoms. The normalized spacial score (nSPS) is 14.9. The Labute approximate surface area is 153 Å². The van der Waals surface area contributed by atoms with Crippen molar-refractivity contribution in [3.63, 3.8) is 0 Å². The minimum absolute atomic E-state index is 0.154. The van der Waals surface area contributed by atoms with Gasteiger partial charge >= 0.3 is 6.03 Å². The quantitative estimate of drug-likeness (QED) is 0.836. The van der Waals surface area contributed by atoms with Gasteiger partial charge in [-0.2, -0.15) is 0 Å². The van der Waals surface area contributed by atoms with E-state index in [9.17, 15) is 9.18 Å². The fraction of sp³-hybridized carbons (Fsp3) is 0.350. The molecule has 6 heteroatoms. The summed E-state index contributed by atoms with van der Waals surface area (Å²) < 4.78 is 13.8. The van der Waals surface area contributed by atoms with Crippen LogP contribution in [0.4, 0.5) is 14.9 Å². The summed E-state index contributed by atoms with van der Waals surface area (Å²) in [5, 5.41) is 5.74. The van der Waals surface area contributed by atoms with Gasteiger partial charge in [-0.3, -0.25) is 4.90 Å². The molecule has 5 nitrogen and oxygen atoms in total. The van der Waals surface area contributed by atoms with Crippen LogP contribution in [0.2, 0.25) is 0 Å². The zero-order valence-corrected chi connectivity index (χ0v) is 14.8. The van der Waals surface area contributed by atoms with Crippen molar-refractivity contribution >= 4 is 11.7 Å². The van der Waals surface area contributed by atoms with Crippen molar-refractivity contribution in [2.24, 2.45) is 0 Å². The van der Waals surface area contributed by atoms with Gasteiger partial charge in [0.15, 0.2) is 0 Å². The first kappa shape index (κ1) is 18.2. The zero-order valence-electron chi connectivity index (χ0n) is 14.8. The molecule has 2 N–H and O–H groups in total. The summed E-state index contributed by atoms with van der Waals surface area (Å²) in [4.78, 5) is 16.2. The number of hydrogen-bond donors (Lipinski definition) is 2. The second-order valence-corrected chi connectivity index (χ2v) is 6.38. The maximum atomic E-state index is 13.8. The molecule has 1 heterocycles. The lowest BCUT2D eigenvalue weighted by Gasteiger charge is -2.36. The molecule has 138 valence electrons. The molecule has 0 atom stereocenters. The van der Waals surface area contributed by atoms with E-state index < -0.39 is 0 Å². The first-order chi connectivity index (χ1) is 12.7. The van der Waals surface area contributed by atoms with Crippen LogP contribution in [0.3, 0.4) is 0 Å². The number of hydrogen-bond acceptors (Lipinski definition) is 3. The predicted molar refractivity (Wildman–Crippen MR) is 102 cm³/mol. The van der Waals surface area contributed by atoms with Crippen LogP contribution in [0.15, 0.2) is 54.6 Å². The molecule has 3 rings (SSSR count). The molecule has 2 aromatic rings. The summed E-state index contributed by atoms with van der Waals surface area (Å²) in [5.41, 5.74) is 1.75. The molecule has 1 fully saturated rings. The number of nitrogens with zero attached hydrogens (tertiary/aromatic N) is 2. The molecular weight excluding hydrogens is 331 g/mol. The summed E-state index contributed by atoms with van der Waals surface area (Å²) in [6, 6.07) is 16.6. The fourth-order valence-corrected chi connectivity index (χ4v) is 3.09. The average molecular weight is 356 g/mol. The van der Waals surface area contributed by atoms with Gasteiger partial charge in [-0.1, -0.05) is 42.5 Å². The third-order valence-electron chi connectivity index (χ3n) is 4.57. The predicted octanol–water partition coefficient (Wildman–Crippen LogP) is 2.45. The Balaban J connectivity index is 1.32. The van der Waals surface area contributed by atoms with Crippen molar-refractivity contribution in [2.45, 2.75) is 6.54 Å². The van der Waals surface area contributed by atoms with Crippen molar-refractivity contribution in [2.75, 3.05) is 44.2 Å². The van der Waals surface area contributed by atoms with Gasteiger partial charge < -0.3 is 15.5 Å². The lowest BCUT2D eigenvalue weighted by Crippen LogP contribution is -2.49. The monoisotopic (exact) mass is 356 g/mol. The van der Waals surface area contributed by atoms with Gasteiger partial charge in [-0.05, 0) is 17.7 Å². The van der Waals surface area contributed by atoms with E-state index in [1.807, 2.05) is 42.5 Å². The number of nitrogens with one attached hydrogen (secondary N) is 2. The van der Waals surface area contributed by atoms with Gasteiger partial charge in [0.05, 0.1) is 5.69 Å². The molecule has 0 radical (unpaired) electrons. The number of amides is 2. The summed E-state index contributed by atoms with van der Waals surface area (Å²) in [5.74, 6) is -0.169. The number of rotatable bonds is 6. The van der Waals surface area contributed by atoms with Gasteiger partial charge in [0.1, 0.15) is 5.82 Å². The second kappa shape index (κ2) is 9.20. The highest BCUT2D eigenvalue weighted by Crippen LogP contribution is 2.19. The number of carbonyl (C=O) groups excluding carboxylic acids is 1. The molecule has 1 aliphatic heterocycles. The Bertz CT molecular complexity index is 702. The van der Waals surface area contributed by atoms with Crippen molar-refractivity contribution in [1.82, 2.24) is 15.5 Å². The Kier molecular flexibility index (Phi) is 6.44. The number of anilines is 1. The van der Waals surface area contributed by atoms with E-state index in [0.717, 1.165) is 38.3 Å². The third kappa shape index (κ3) is 5.20. The van der Waals surface area contributed by atoms with Crippen molar-refractivity contribution in [3.05, 3.63) is 66.0 Å². The van der Waals surface area contributed by atoms with Crippen LogP contribution in [0.1, 0.15) is 5.56 Å². The molecule has 2 amide bonds. The number of halogens is 1. The topological polar surface area (TPSA) is 47.6 Å². The highest BCUT2D eigenvalue weighted by molar-refractivity contribution is 5.73. The van der Waals surface area contributed by atoms with Crippen LogP contribution in [-0.4, -0.2) is 50.2 Å². The second-order valence-electron chi connectivity index (χ2n) is 6.38. The first-order valence-corrected chi connectivity index (χ1v) is 9.00.